The molecule has 2 heterocycles. The Bertz CT molecular complexity index is 398. The Morgan fingerprint density at radius 3 is 2.88 bits per heavy atom. The van der Waals surface area contributed by atoms with Gasteiger partial charge in [0.05, 0.1) is 11.7 Å². The summed E-state index contributed by atoms with van der Waals surface area (Å²) in [6.07, 6.45) is -0.954. The number of Topliss-reactive ketones (excluding diaryl/α,β-unsaturated/α-hetero) is 1. The molecule has 3 nitrogen and oxygen atoms in total. The molecule has 1 aliphatic heterocycles. The second kappa shape index (κ2) is 4.87. The molecule has 1 aliphatic rings. The molecule has 1 atom stereocenters. The summed E-state index contributed by atoms with van der Waals surface area (Å²) in [6.45, 7) is 2.20. The number of fused-ring (bicyclic) bond motifs is 1. The zero-order valence-corrected chi connectivity index (χ0v) is 9.57. The van der Waals surface area contributed by atoms with Gasteiger partial charge in [0.1, 0.15) is 5.78 Å². The highest BCUT2D eigenvalue weighted by Crippen LogP contribution is 2.26. The molecular weight excluding hydrogens is 226 g/mol. The van der Waals surface area contributed by atoms with Crippen molar-refractivity contribution in [3.63, 3.8) is 0 Å². The molecule has 0 saturated heterocycles. The van der Waals surface area contributed by atoms with Gasteiger partial charge < -0.3 is 0 Å². The maximum atomic E-state index is 12.9. The van der Waals surface area contributed by atoms with Gasteiger partial charge >= 0.3 is 0 Å². The van der Waals surface area contributed by atoms with Crippen LogP contribution in [0.2, 0.25) is 0 Å². The van der Waals surface area contributed by atoms with Gasteiger partial charge in [-0.1, -0.05) is 6.07 Å². The van der Waals surface area contributed by atoms with E-state index in [4.69, 9.17) is 0 Å². The monoisotopic (exact) mass is 240 g/mol. The second-order valence-electron chi connectivity index (χ2n) is 4.32. The maximum Gasteiger partial charge on any atom is 0.254 e. The Kier molecular flexibility index (Phi) is 3.47. The summed E-state index contributed by atoms with van der Waals surface area (Å²) in [5, 5.41) is 0. The van der Waals surface area contributed by atoms with Gasteiger partial charge in [-0.25, -0.2) is 8.78 Å². The van der Waals surface area contributed by atoms with Gasteiger partial charge in [0, 0.05) is 25.7 Å². The standard InChI is InChI=1S/C12H14F2N2O/c1-8(17)5-11(12(13)14)16-6-9-3-2-4-15-10(9)7-16/h2-4,11-12H,5-7H2,1H3. The number of nitrogens with zero attached hydrogens (tertiary/aromatic N) is 2. The molecule has 0 saturated carbocycles. The molecule has 17 heavy (non-hydrogen) atoms. The number of hydrogen-bond donors (Lipinski definition) is 0. The lowest BCUT2D eigenvalue weighted by Gasteiger charge is -2.25. The van der Waals surface area contributed by atoms with Crippen LogP contribution in [0.5, 0.6) is 0 Å². The average Bonchev–Trinajstić information content (AvgIpc) is 2.68. The van der Waals surface area contributed by atoms with E-state index in [1.807, 2.05) is 6.07 Å². The van der Waals surface area contributed by atoms with Crippen molar-refractivity contribution in [2.24, 2.45) is 0 Å². The van der Waals surface area contributed by atoms with Crippen LogP contribution in [0.25, 0.3) is 0 Å². The van der Waals surface area contributed by atoms with E-state index < -0.39 is 12.5 Å². The van der Waals surface area contributed by atoms with Crippen LogP contribution < -0.4 is 0 Å². The molecule has 1 unspecified atom stereocenters. The van der Waals surface area contributed by atoms with Crippen LogP contribution in [0.3, 0.4) is 0 Å². The van der Waals surface area contributed by atoms with Crippen molar-refractivity contribution in [1.82, 2.24) is 9.88 Å². The van der Waals surface area contributed by atoms with E-state index in [0.29, 0.717) is 13.1 Å². The van der Waals surface area contributed by atoms with Gasteiger partial charge in [-0.3, -0.25) is 14.7 Å². The number of hydrogen-bond acceptors (Lipinski definition) is 3. The van der Waals surface area contributed by atoms with Crippen molar-refractivity contribution in [2.75, 3.05) is 0 Å². The first-order chi connectivity index (χ1) is 8.08. The zero-order valence-electron chi connectivity index (χ0n) is 9.57. The minimum absolute atomic E-state index is 0.106. The van der Waals surface area contributed by atoms with E-state index >= 15 is 0 Å². The summed E-state index contributed by atoms with van der Waals surface area (Å²) >= 11 is 0. The van der Waals surface area contributed by atoms with Gasteiger partial charge in [0.15, 0.2) is 0 Å². The van der Waals surface area contributed by atoms with E-state index in [2.05, 4.69) is 4.98 Å². The number of pyridine rings is 1. The van der Waals surface area contributed by atoms with Crippen molar-refractivity contribution < 1.29 is 13.6 Å². The molecule has 0 spiro atoms. The number of rotatable bonds is 4. The van der Waals surface area contributed by atoms with E-state index in [1.165, 1.54) is 6.92 Å². The summed E-state index contributed by atoms with van der Waals surface area (Å²) in [7, 11) is 0. The summed E-state index contributed by atoms with van der Waals surface area (Å²) < 4.78 is 25.8. The topological polar surface area (TPSA) is 33.2 Å². The summed E-state index contributed by atoms with van der Waals surface area (Å²) in [5.74, 6) is -0.209. The first kappa shape index (κ1) is 12.1. The molecule has 0 bridgehead atoms. The van der Waals surface area contributed by atoms with Gasteiger partial charge in [0.2, 0.25) is 0 Å². The van der Waals surface area contributed by atoms with Crippen LogP contribution in [0.4, 0.5) is 8.78 Å². The van der Waals surface area contributed by atoms with Crippen LogP contribution in [0, 0.1) is 0 Å². The molecule has 2 rings (SSSR count). The smallest absolute Gasteiger partial charge is 0.254 e. The molecule has 92 valence electrons. The van der Waals surface area contributed by atoms with E-state index in [0.717, 1.165) is 11.3 Å². The quantitative estimate of drug-likeness (QED) is 0.807. The summed E-state index contributed by atoms with van der Waals surface area (Å²) in [6, 6.07) is 2.69. The lowest BCUT2D eigenvalue weighted by atomic mass is 10.1. The van der Waals surface area contributed by atoms with Crippen LogP contribution in [-0.2, 0) is 17.9 Å². The Balaban J connectivity index is 2.11. The average molecular weight is 240 g/mol. The molecule has 0 aliphatic carbocycles. The van der Waals surface area contributed by atoms with Crippen LogP contribution in [-0.4, -0.2) is 28.1 Å². The molecule has 0 radical (unpaired) electrons. The Morgan fingerprint density at radius 1 is 1.53 bits per heavy atom. The molecule has 0 aromatic carbocycles. The van der Waals surface area contributed by atoms with Crippen molar-refractivity contribution >= 4 is 5.78 Å². The minimum Gasteiger partial charge on any atom is -0.300 e. The third-order valence-electron chi connectivity index (χ3n) is 2.97. The van der Waals surface area contributed by atoms with E-state index in [-0.39, 0.29) is 12.2 Å². The predicted molar refractivity (Wildman–Crippen MR) is 58.6 cm³/mol. The molecular formula is C12H14F2N2O. The summed E-state index contributed by atoms with van der Waals surface area (Å²) in [5.41, 5.74) is 1.81. The SMILES string of the molecule is CC(=O)CC(C(F)F)N1Cc2cccnc2C1. The van der Waals surface area contributed by atoms with Gasteiger partial charge in [-0.05, 0) is 18.6 Å². The highest BCUT2D eigenvalue weighted by Gasteiger charge is 2.33. The lowest BCUT2D eigenvalue weighted by molar-refractivity contribution is -0.120. The highest BCUT2D eigenvalue weighted by atomic mass is 19.3. The predicted octanol–water partition coefficient (Wildman–Crippen LogP) is 2.01. The number of ketones is 1. The number of carbonyl (C=O) groups is 1. The highest BCUT2D eigenvalue weighted by molar-refractivity contribution is 5.76. The van der Waals surface area contributed by atoms with Crippen molar-refractivity contribution in [2.45, 2.75) is 38.9 Å². The van der Waals surface area contributed by atoms with Crippen LogP contribution >= 0.6 is 0 Å². The van der Waals surface area contributed by atoms with E-state index in [9.17, 15) is 13.6 Å². The Labute approximate surface area is 98.5 Å². The Hall–Kier alpha value is -1.36. The van der Waals surface area contributed by atoms with Gasteiger partial charge in [-0.2, -0.15) is 0 Å². The normalized spacial score (nSPS) is 17.2. The van der Waals surface area contributed by atoms with Gasteiger partial charge in [0.25, 0.3) is 6.43 Å². The molecule has 1 aromatic heterocycles. The van der Waals surface area contributed by atoms with Crippen molar-refractivity contribution in [1.29, 1.82) is 0 Å². The van der Waals surface area contributed by atoms with Crippen molar-refractivity contribution in [3.8, 4) is 0 Å². The number of carbonyl (C=O) groups excluding carboxylic acids is 1. The fourth-order valence-corrected chi connectivity index (χ4v) is 2.13. The number of alkyl halides is 2. The third-order valence-corrected chi connectivity index (χ3v) is 2.97. The number of aromatic nitrogens is 1. The van der Waals surface area contributed by atoms with Gasteiger partial charge in [-0.15, -0.1) is 0 Å². The fourth-order valence-electron chi connectivity index (χ4n) is 2.13. The maximum absolute atomic E-state index is 12.9. The zero-order chi connectivity index (χ0) is 12.4. The molecule has 0 amide bonds. The molecule has 0 N–H and O–H groups in total. The van der Waals surface area contributed by atoms with E-state index in [1.54, 1.807) is 17.2 Å². The van der Waals surface area contributed by atoms with Crippen molar-refractivity contribution in [3.05, 3.63) is 29.6 Å². The fraction of sp³-hybridized carbons (Fsp3) is 0.500. The summed E-state index contributed by atoms with van der Waals surface area (Å²) in [4.78, 5) is 16.8. The Morgan fingerprint density at radius 2 is 2.29 bits per heavy atom. The molecule has 5 heteroatoms. The van der Waals surface area contributed by atoms with Crippen LogP contribution in [0.15, 0.2) is 18.3 Å². The second-order valence-corrected chi connectivity index (χ2v) is 4.32. The minimum atomic E-state index is -2.51. The van der Waals surface area contributed by atoms with Crippen LogP contribution in [0.1, 0.15) is 24.6 Å². The molecule has 1 aromatic rings. The third kappa shape index (κ3) is 2.66. The first-order valence-electron chi connectivity index (χ1n) is 5.52. The first-order valence-corrected chi connectivity index (χ1v) is 5.52. The largest absolute Gasteiger partial charge is 0.300 e. The lowest BCUT2D eigenvalue weighted by Crippen LogP contribution is -2.38. The molecule has 0 fully saturated rings. The number of halogens is 2.